The standard InChI is InChI=1S/C23H31N3O3/c1-28-19-21-9-7-20(8-10-21)17-24-23(27)18-26-13-11-25(12-14-26)15-16-29-22-5-3-2-4-6-22/h2-10H,11-19H2,1H3,(H,24,27). The summed E-state index contributed by atoms with van der Waals surface area (Å²) in [5.41, 5.74) is 2.23. The summed E-state index contributed by atoms with van der Waals surface area (Å²) >= 11 is 0. The minimum Gasteiger partial charge on any atom is -0.492 e. The van der Waals surface area contributed by atoms with Gasteiger partial charge in [-0.3, -0.25) is 14.6 Å². The summed E-state index contributed by atoms with van der Waals surface area (Å²) in [5, 5.41) is 3.02. The third kappa shape index (κ3) is 7.49. The molecule has 2 aromatic rings. The number of ether oxygens (including phenoxy) is 2. The number of nitrogens with zero attached hydrogens (tertiary/aromatic N) is 2. The molecule has 0 spiro atoms. The molecule has 1 aliphatic heterocycles. The molecule has 6 nitrogen and oxygen atoms in total. The van der Waals surface area contributed by atoms with Crippen LogP contribution in [0.25, 0.3) is 0 Å². The predicted octanol–water partition coefficient (Wildman–Crippen LogP) is 2.15. The Morgan fingerprint density at radius 2 is 1.59 bits per heavy atom. The quantitative estimate of drug-likeness (QED) is 0.666. The zero-order chi connectivity index (χ0) is 20.3. The highest BCUT2D eigenvalue weighted by Crippen LogP contribution is 2.09. The molecule has 0 bridgehead atoms. The van der Waals surface area contributed by atoms with E-state index >= 15 is 0 Å². The minimum absolute atomic E-state index is 0.0758. The van der Waals surface area contributed by atoms with Gasteiger partial charge in [-0.25, -0.2) is 0 Å². The smallest absolute Gasteiger partial charge is 0.234 e. The molecule has 29 heavy (non-hydrogen) atoms. The summed E-state index contributed by atoms with van der Waals surface area (Å²) in [4.78, 5) is 16.9. The molecular weight excluding hydrogens is 366 g/mol. The first-order chi connectivity index (χ1) is 14.2. The van der Waals surface area contributed by atoms with Crippen LogP contribution in [0.4, 0.5) is 0 Å². The van der Waals surface area contributed by atoms with Crippen molar-refractivity contribution in [2.24, 2.45) is 0 Å². The Morgan fingerprint density at radius 3 is 2.28 bits per heavy atom. The Bertz CT molecular complexity index is 729. The normalized spacial score (nSPS) is 15.2. The number of hydrogen-bond acceptors (Lipinski definition) is 5. The van der Waals surface area contributed by atoms with E-state index < -0.39 is 0 Å². The summed E-state index contributed by atoms with van der Waals surface area (Å²) in [6.45, 7) is 6.96. The molecule has 2 aromatic carbocycles. The number of methoxy groups -OCH3 is 1. The molecule has 0 saturated carbocycles. The van der Waals surface area contributed by atoms with Gasteiger partial charge in [0.2, 0.25) is 5.91 Å². The SMILES string of the molecule is COCc1ccc(CNC(=O)CN2CCN(CCOc3ccccc3)CC2)cc1. The van der Waals surface area contributed by atoms with Crippen LogP contribution < -0.4 is 10.1 Å². The van der Waals surface area contributed by atoms with Gasteiger partial charge in [-0.2, -0.15) is 0 Å². The zero-order valence-electron chi connectivity index (χ0n) is 17.2. The van der Waals surface area contributed by atoms with Gasteiger partial charge in [-0.15, -0.1) is 0 Å². The van der Waals surface area contributed by atoms with Crippen molar-refractivity contribution >= 4 is 5.91 Å². The lowest BCUT2D eigenvalue weighted by Crippen LogP contribution is -2.50. The summed E-state index contributed by atoms with van der Waals surface area (Å²) in [7, 11) is 1.69. The molecule has 1 aliphatic rings. The second-order valence-electron chi connectivity index (χ2n) is 7.31. The Hall–Kier alpha value is -2.41. The molecule has 1 heterocycles. The maximum atomic E-state index is 12.3. The maximum Gasteiger partial charge on any atom is 0.234 e. The van der Waals surface area contributed by atoms with E-state index in [1.54, 1.807) is 7.11 Å². The van der Waals surface area contributed by atoms with Gasteiger partial charge in [0, 0.05) is 46.4 Å². The fourth-order valence-corrected chi connectivity index (χ4v) is 3.36. The Morgan fingerprint density at radius 1 is 0.931 bits per heavy atom. The topological polar surface area (TPSA) is 54.0 Å². The number of hydrogen-bond donors (Lipinski definition) is 1. The van der Waals surface area contributed by atoms with Gasteiger partial charge < -0.3 is 14.8 Å². The lowest BCUT2D eigenvalue weighted by atomic mass is 10.1. The number of piperazine rings is 1. The largest absolute Gasteiger partial charge is 0.492 e. The number of benzene rings is 2. The highest BCUT2D eigenvalue weighted by atomic mass is 16.5. The third-order valence-corrected chi connectivity index (χ3v) is 5.08. The number of carbonyl (C=O) groups excluding carboxylic acids is 1. The molecule has 0 aliphatic carbocycles. The van der Waals surface area contributed by atoms with Crippen LogP contribution in [0.15, 0.2) is 54.6 Å². The molecule has 1 fully saturated rings. The fraction of sp³-hybridized carbons (Fsp3) is 0.435. The van der Waals surface area contributed by atoms with Crippen molar-refractivity contribution in [1.29, 1.82) is 0 Å². The van der Waals surface area contributed by atoms with Crippen LogP contribution in [0.1, 0.15) is 11.1 Å². The van der Waals surface area contributed by atoms with E-state index in [0.717, 1.165) is 49.6 Å². The Labute approximate surface area is 173 Å². The highest BCUT2D eigenvalue weighted by Gasteiger charge is 2.18. The average molecular weight is 398 g/mol. The molecule has 0 unspecified atom stereocenters. The van der Waals surface area contributed by atoms with Crippen molar-refractivity contribution in [3.63, 3.8) is 0 Å². The third-order valence-electron chi connectivity index (χ3n) is 5.08. The van der Waals surface area contributed by atoms with Gasteiger partial charge in [0.25, 0.3) is 0 Å². The first-order valence-electron chi connectivity index (χ1n) is 10.2. The first kappa shape index (κ1) is 21.3. The van der Waals surface area contributed by atoms with Crippen LogP contribution >= 0.6 is 0 Å². The van der Waals surface area contributed by atoms with Crippen molar-refractivity contribution < 1.29 is 14.3 Å². The zero-order valence-corrected chi connectivity index (χ0v) is 17.2. The van der Waals surface area contributed by atoms with E-state index in [2.05, 4.69) is 15.1 Å². The molecule has 0 atom stereocenters. The first-order valence-corrected chi connectivity index (χ1v) is 10.2. The van der Waals surface area contributed by atoms with Crippen molar-refractivity contribution in [3.05, 3.63) is 65.7 Å². The summed E-state index contributed by atoms with van der Waals surface area (Å²) in [6.07, 6.45) is 0. The van der Waals surface area contributed by atoms with E-state index in [-0.39, 0.29) is 5.91 Å². The number of rotatable bonds is 10. The second-order valence-corrected chi connectivity index (χ2v) is 7.31. The van der Waals surface area contributed by atoms with Gasteiger partial charge in [0.15, 0.2) is 0 Å². The molecule has 6 heteroatoms. The molecule has 1 amide bonds. The van der Waals surface area contributed by atoms with E-state index in [1.807, 2.05) is 54.6 Å². The van der Waals surface area contributed by atoms with Gasteiger partial charge in [0.1, 0.15) is 12.4 Å². The molecule has 1 saturated heterocycles. The summed E-state index contributed by atoms with van der Waals surface area (Å²) in [6, 6.07) is 18.0. The Balaban J connectivity index is 1.29. The monoisotopic (exact) mass is 397 g/mol. The Kier molecular flexibility index (Phi) is 8.49. The van der Waals surface area contributed by atoms with Gasteiger partial charge in [0.05, 0.1) is 13.2 Å². The molecule has 156 valence electrons. The minimum atomic E-state index is 0.0758. The highest BCUT2D eigenvalue weighted by molar-refractivity contribution is 5.78. The van der Waals surface area contributed by atoms with Gasteiger partial charge in [-0.05, 0) is 23.3 Å². The van der Waals surface area contributed by atoms with E-state index in [4.69, 9.17) is 9.47 Å². The van der Waals surface area contributed by atoms with Gasteiger partial charge >= 0.3 is 0 Å². The summed E-state index contributed by atoms with van der Waals surface area (Å²) in [5.74, 6) is 0.989. The number of amides is 1. The molecule has 1 N–H and O–H groups in total. The molecular formula is C23H31N3O3. The molecule has 3 rings (SSSR count). The lowest BCUT2D eigenvalue weighted by molar-refractivity contribution is -0.122. The predicted molar refractivity (Wildman–Crippen MR) is 114 cm³/mol. The molecule has 0 radical (unpaired) electrons. The van der Waals surface area contributed by atoms with Crippen LogP contribution in [-0.4, -0.2) is 68.7 Å². The van der Waals surface area contributed by atoms with Crippen LogP contribution in [0.5, 0.6) is 5.75 Å². The van der Waals surface area contributed by atoms with Crippen molar-refractivity contribution in [2.45, 2.75) is 13.2 Å². The van der Waals surface area contributed by atoms with Gasteiger partial charge in [-0.1, -0.05) is 42.5 Å². The average Bonchev–Trinajstić information content (AvgIpc) is 2.75. The van der Waals surface area contributed by atoms with Crippen molar-refractivity contribution in [1.82, 2.24) is 15.1 Å². The van der Waals surface area contributed by atoms with Crippen LogP contribution in [0.3, 0.4) is 0 Å². The lowest BCUT2D eigenvalue weighted by Gasteiger charge is -2.34. The fourth-order valence-electron chi connectivity index (χ4n) is 3.36. The number of para-hydroxylation sites is 1. The van der Waals surface area contributed by atoms with Crippen LogP contribution in [0.2, 0.25) is 0 Å². The number of nitrogens with one attached hydrogen (secondary N) is 1. The van der Waals surface area contributed by atoms with Crippen molar-refractivity contribution in [2.75, 3.05) is 53.0 Å². The van der Waals surface area contributed by atoms with Crippen LogP contribution in [0, 0.1) is 0 Å². The number of carbonyl (C=O) groups is 1. The maximum absolute atomic E-state index is 12.3. The van der Waals surface area contributed by atoms with Crippen LogP contribution in [-0.2, 0) is 22.7 Å². The second kappa shape index (κ2) is 11.6. The molecule has 0 aromatic heterocycles. The summed E-state index contributed by atoms with van der Waals surface area (Å²) < 4.78 is 10.9. The van der Waals surface area contributed by atoms with Crippen molar-refractivity contribution in [3.8, 4) is 5.75 Å². The van der Waals surface area contributed by atoms with E-state index in [0.29, 0.717) is 26.3 Å². The van der Waals surface area contributed by atoms with E-state index in [1.165, 1.54) is 0 Å². The van der Waals surface area contributed by atoms with E-state index in [9.17, 15) is 4.79 Å².